The van der Waals surface area contributed by atoms with Crippen LogP contribution in [-0.2, 0) is 6.42 Å². The number of para-hydroxylation sites is 1. The fourth-order valence-corrected chi connectivity index (χ4v) is 4.29. The normalized spacial score (nSPS) is 14.4. The van der Waals surface area contributed by atoms with E-state index in [0.29, 0.717) is 12.5 Å². The molecule has 1 aromatic carbocycles. The summed E-state index contributed by atoms with van der Waals surface area (Å²) in [5.41, 5.74) is 2.79. The highest BCUT2D eigenvalue weighted by atomic mass is 32.1. The van der Waals surface area contributed by atoms with Crippen molar-refractivity contribution in [3.63, 3.8) is 0 Å². The third-order valence-corrected chi connectivity index (χ3v) is 5.63. The van der Waals surface area contributed by atoms with E-state index in [9.17, 15) is 4.79 Å². The monoisotopic (exact) mass is 357 g/mol. The number of fused-ring (bicyclic) bond motifs is 1. The Morgan fingerprint density at radius 3 is 2.84 bits per heavy atom. The Morgan fingerprint density at radius 2 is 2.08 bits per heavy atom. The fourth-order valence-electron chi connectivity index (χ4n) is 3.34. The topological polar surface area (TPSA) is 44.4 Å². The summed E-state index contributed by atoms with van der Waals surface area (Å²) in [6.07, 6.45) is 2.08. The second kappa shape index (κ2) is 8.39. The van der Waals surface area contributed by atoms with E-state index >= 15 is 0 Å². The molecule has 1 aromatic heterocycles. The standard InChI is InChI=1S/C20H27N3OS/c1-15(2)19(18-9-5-14-25-18)22-20(24)21-11-6-12-23-13-10-16-7-3-4-8-17(16)23/h3-5,7-9,14-15,19H,6,10-13H2,1-2H3,(H2,21,22,24). The Labute approximate surface area is 154 Å². The van der Waals surface area contributed by atoms with E-state index in [1.54, 1.807) is 11.3 Å². The van der Waals surface area contributed by atoms with Crippen LogP contribution in [0, 0.1) is 5.92 Å². The molecule has 2 amide bonds. The number of anilines is 1. The molecule has 0 radical (unpaired) electrons. The molecule has 2 N–H and O–H groups in total. The van der Waals surface area contributed by atoms with Crippen LogP contribution in [-0.4, -0.2) is 25.7 Å². The number of urea groups is 1. The summed E-state index contributed by atoms with van der Waals surface area (Å²) >= 11 is 1.69. The summed E-state index contributed by atoms with van der Waals surface area (Å²) in [6.45, 7) is 7.03. The molecule has 1 aliphatic heterocycles. The minimum atomic E-state index is -0.0751. The van der Waals surface area contributed by atoms with Gasteiger partial charge in [0.2, 0.25) is 0 Å². The Bertz CT molecular complexity index is 684. The van der Waals surface area contributed by atoms with E-state index in [4.69, 9.17) is 0 Å². The van der Waals surface area contributed by atoms with Gasteiger partial charge in [-0.15, -0.1) is 11.3 Å². The lowest BCUT2D eigenvalue weighted by Gasteiger charge is -2.22. The van der Waals surface area contributed by atoms with Crippen LogP contribution in [0.2, 0.25) is 0 Å². The second-order valence-electron chi connectivity index (χ2n) is 6.86. The van der Waals surface area contributed by atoms with Crippen LogP contribution in [0.3, 0.4) is 0 Å². The van der Waals surface area contributed by atoms with Crippen molar-refractivity contribution >= 4 is 23.1 Å². The summed E-state index contributed by atoms with van der Waals surface area (Å²) in [5.74, 6) is 0.366. The average molecular weight is 358 g/mol. The Kier molecular flexibility index (Phi) is 5.97. The van der Waals surface area contributed by atoms with E-state index in [0.717, 1.165) is 25.9 Å². The van der Waals surface area contributed by atoms with Gasteiger partial charge in [-0.25, -0.2) is 4.79 Å². The van der Waals surface area contributed by atoms with Gasteiger partial charge in [-0.2, -0.15) is 0 Å². The molecule has 1 unspecified atom stereocenters. The molecule has 1 atom stereocenters. The second-order valence-corrected chi connectivity index (χ2v) is 7.84. The molecule has 3 rings (SSSR count). The van der Waals surface area contributed by atoms with Gasteiger partial charge < -0.3 is 15.5 Å². The minimum Gasteiger partial charge on any atom is -0.371 e. The molecule has 5 heteroatoms. The lowest BCUT2D eigenvalue weighted by molar-refractivity contribution is 0.233. The van der Waals surface area contributed by atoms with Gasteiger partial charge in [0, 0.05) is 30.2 Å². The molecule has 0 fully saturated rings. The molecular weight excluding hydrogens is 330 g/mol. The summed E-state index contributed by atoms with van der Waals surface area (Å²) < 4.78 is 0. The van der Waals surface area contributed by atoms with Crippen LogP contribution in [0.25, 0.3) is 0 Å². The maximum Gasteiger partial charge on any atom is 0.315 e. The van der Waals surface area contributed by atoms with Crippen LogP contribution in [0.4, 0.5) is 10.5 Å². The van der Waals surface area contributed by atoms with Crippen molar-refractivity contribution in [2.24, 2.45) is 5.92 Å². The SMILES string of the molecule is CC(C)C(NC(=O)NCCCN1CCc2ccccc21)c1cccs1. The third-order valence-electron chi connectivity index (χ3n) is 4.68. The van der Waals surface area contributed by atoms with Gasteiger partial charge in [0.05, 0.1) is 6.04 Å². The summed E-state index contributed by atoms with van der Waals surface area (Å²) in [4.78, 5) is 15.8. The lowest BCUT2D eigenvalue weighted by Crippen LogP contribution is -2.40. The zero-order valence-electron chi connectivity index (χ0n) is 15.0. The first kappa shape index (κ1) is 17.8. The Hall–Kier alpha value is -2.01. The van der Waals surface area contributed by atoms with Crippen LogP contribution >= 0.6 is 11.3 Å². The maximum atomic E-state index is 12.2. The van der Waals surface area contributed by atoms with Gasteiger partial charge in [0.15, 0.2) is 0 Å². The van der Waals surface area contributed by atoms with Gasteiger partial charge >= 0.3 is 6.03 Å². The first-order chi connectivity index (χ1) is 12.1. The molecular formula is C20H27N3OS. The van der Waals surface area contributed by atoms with Crippen molar-refractivity contribution in [3.8, 4) is 0 Å². The zero-order chi connectivity index (χ0) is 17.6. The zero-order valence-corrected chi connectivity index (χ0v) is 15.8. The first-order valence-corrected chi connectivity index (χ1v) is 9.93. The van der Waals surface area contributed by atoms with Crippen molar-refractivity contribution in [1.29, 1.82) is 0 Å². The molecule has 0 saturated heterocycles. The molecule has 0 aliphatic carbocycles. The molecule has 0 spiro atoms. The average Bonchev–Trinajstić information content (AvgIpc) is 3.26. The van der Waals surface area contributed by atoms with Crippen molar-refractivity contribution in [2.75, 3.05) is 24.5 Å². The third kappa shape index (κ3) is 4.54. The molecule has 2 heterocycles. The number of hydrogen-bond donors (Lipinski definition) is 2. The number of nitrogens with zero attached hydrogens (tertiary/aromatic N) is 1. The number of thiophene rings is 1. The quantitative estimate of drug-likeness (QED) is 0.730. The van der Waals surface area contributed by atoms with Crippen LogP contribution in [0.5, 0.6) is 0 Å². The molecule has 134 valence electrons. The molecule has 0 bridgehead atoms. The van der Waals surface area contributed by atoms with Crippen molar-refractivity contribution in [2.45, 2.75) is 32.7 Å². The number of amides is 2. The van der Waals surface area contributed by atoms with Gasteiger partial charge in [0.1, 0.15) is 0 Å². The molecule has 0 saturated carbocycles. The summed E-state index contributed by atoms with van der Waals surface area (Å²) in [7, 11) is 0. The van der Waals surface area contributed by atoms with Crippen LogP contribution in [0.1, 0.15) is 36.8 Å². The minimum absolute atomic E-state index is 0.0745. The number of nitrogens with one attached hydrogen (secondary N) is 2. The number of hydrogen-bond acceptors (Lipinski definition) is 3. The molecule has 1 aliphatic rings. The van der Waals surface area contributed by atoms with Gasteiger partial charge in [-0.05, 0) is 41.8 Å². The smallest absolute Gasteiger partial charge is 0.315 e. The molecule has 2 aromatic rings. The van der Waals surface area contributed by atoms with E-state index in [-0.39, 0.29) is 12.1 Å². The Morgan fingerprint density at radius 1 is 1.24 bits per heavy atom. The van der Waals surface area contributed by atoms with Crippen molar-refractivity contribution in [3.05, 3.63) is 52.2 Å². The van der Waals surface area contributed by atoms with Gasteiger partial charge in [-0.1, -0.05) is 38.1 Å². The Balaban J connectivity index is 1.41. The highest BCUT2D eigenvalue weighted by molar-refractivity contribution is 7.10. The summed E-state index contributed by atoms with van der Waals surface area (Å²) in [6, 6.07) is 12.7. The van der Waals surface area contributed by atoms with Crippen molar-refractivity contribution < 1.29 is 4.79 Å². The predicted octanol–water partition coefficient (Wildman–Crippen LogP) is 4.20. The van der Waals surface area contributed by atoms with E-state index in [1.165, 1.54) is 16.1 Å². The largest absolute Gasteiger partial charge is 0.371 e. The fraction of sp³-hybridized carbons (Fsp3) is 0.450. The van der Waals surface area contributed by atoms with E-state index < -0.39 is 0 Å². The number of carbonyl (C=O) groups is 1. The summed E-state index contributed by atoms with van der Waals surface area (Å²) in [5, 5.41) is 8.17. The highest BCUT2D eigenvalue weighted by Crippen LogP contribution is 2.27. The van der Waals surface area contributed by atoms with E-state index in [2.05, 4.69) is 65.1 Å². The molecule has 25 heavy (non-hydrogen) atoms. The highest BCUT2D eigenvalue weighted by Gasteiger charge is 2.20. The van der Waals surface area contributed by atoms with Gasteiger partial charge in [0.25, 0.3) is 0 Å². The number of rotatable bonds is 7. The number of carbonyl (C=O) groups excluding carboxylic acids is 1. The van der Waals surface area contributed by atoms with Gasteiger partial charge in [-0.3, -0.25) is 0 Å². The lowest BCUT2D eigenvalue weighted by atomic mass is 10.0. The van der Waals surface area contributed by atoms with Crippen LogP contribution in [0.15, 0.2) is 41.8 Å². The first-order valence-electron chi connectivity index (χ1n) is 9.06. The van der Waals surface area contributed by atoms with E-state index in [1.807, 2.05) is 6.07 Å². The molecule has 4 nitrogen and oxygen atoms in total. The maximum absolute atomic E-state index is 12.2. The van der Waals surface area contributed by atoms with Crippen molar-refractivity contribution in [1.82, 2.24) is 10.6 Å². The number of benzene rings is 1. The predicted molar refractivity (Wildman–Crippen MR) is 105 cm³/mol. The van der Waals surface area contributed by atoms with Crippen LogP contribution < -0.4 is 15.5 Å².